The van der Waals surface area contributed by atoms with E-state index in [9.17, 15) is 18.3 Å². The first-order chi connectivity index (χ1) is 10.4. The van der Waals surface area contributed by atoms with Crippen LogP contribution >= 0.6 is 15.9 Å². The molecule has 3 rings (SSSR count). The SMILES string of the molecule is OCc1nn2c(c1Br)N[C@H](c1ccccc1)C[C@H]2C(F)(F)F. The number of aliphatic hydroxyl groups is 1. The zero-order chi connectivity index (χ0) is 15.9. The van der Waals surface area contributed by atoms with Crippen molar-refractivity contribution in [3.8, 4) is 0 Å². The van der Waals surface area contributed by atoms with Gasteiger partial charge in [-0.3, -0.25) is 0 Å². The smallest absolute Gasteiger partial charge is 0.390 e. The minimum atomic E-state index is -4.41. The molecule has 2 N–H and O–H groups in total. The lowest BCUT2D eigenvalue weighted by Crippen LogP contribution is -2.35. The summed E-state index contributed by atoms with van der Waals surface area (Å²) < 4.78 is 41.4. The number of hydrogen-bond donors (Lipinski definition) is 2. The number of anilines is 1. The molecule has 1 aromatic heterocycles. The van der Waals surface area contributed by atoms with Crippen molar-refractivity contribution in [2.24, 2.45) is 0 Å². The van der Waals surface area contributed by atoms with E-state index < -0.39 is 24.9 Å². The van der Waals surface area contributed by atoms with Gasteiger partial charge in [0.2, 0.25) is 0 Å². The Labute approximate surface area is 133 Å². The summed E-state index contributed by atoms with van der Waals surface area (Å²) in [4.78, 5) is 0. The molecule has 0 aliphatic carbocycles. The van der Waals surface area contributed by atoms with Gasteiger partial charge in [0.05, 0.1) is 17.1 Å². The summed E-state index contributed by atoms with van der Waals surface area (Å²) in [5.74, 6) is 0.242. The number of benzene rings is 1. The van der Waals surface area contributed by atoms with Crippen LogP contribution in [-0.4, -0.2) is 21.1 Å². The van der Waals surface area contributed by atoms with Gasteiger partial charge in [-0.2, -0.15) is 18.3 Å². The predicted octanol–water partition coefficient (Wildman–Crippen LogP) is 3.80. The molecule has 0 saturated carbocycles. The van der Waals surface area contributed by atoms with E-state index >= 15 is 0 Å². The van der Waals surface area contributed by atoms with Crippen LogP contribution in [0.2, 0.25) is 0 Å². The molecule has 0 fully saturated rings. The third-order valence-electron chi connectivity index (χ3n) is 3.71. The number of aromatic nitrogens is 2. The molecule has 2 aromatic rings. The summed E-state index contributed by atoms with van der Waals surface area (Å²) in [6.45, 7) is -0.428. The van der Waals surface area contributed by atoms with Crippen LogP contribution in [0.5, 0.6) is 0 Å². The fourth-order valence-electron chi connectivity index (χ4n) is 2.64. The number of halogens is 4. The minimum absolute atomic E-state index is 0.153. The lowest BCUT2D eigenvalue weighted by Gasteiger charge is -2.33. The molecule has 0 radical (unpaired) electrons. The zero-order valence-electron chi connectivity index (χ0n) is 11.3. The van der Waals surface area contributed by atoms with E-state index in [2.05, 4.69) is 26.3 Å². The molecule has 8 heteroatoms. The zero-order valence-corrected chi connectivity index (χ0v) is 12.9. The second-order valence-corrected chi connectivity index (χ2v) is 5.91. The van der Waals surface area contributed by atoms with Crippen molar-refractivity contribution in [2.75, 3.05) is 5.32 Å². The van der Waals surface area contributed by atoms with Crippen LogP contribution in [-0.2, 0) is 6.61 Å². The maximum absolute atomic E-state index is 13.4. The number of alkyl halides is 3. The molecule has 2 heterocycles. The molecule has 1 aromatic carbocycles. The van der Waals surface area contributed by atoms with Crippen LogP contribution in [0.3, 0.4) is 0 Å². The molecule has 2 atom stereocenters. The standard InChI is InChI=1S/C14H13BrF3N3O/c15-12-10(7-22)20-21-11(14(16,17)18)6-9(19-13(12)21)8-4-2-1-3-5-8/h1-5,9,11,19,22H,6-7H2/t9-,11-/m0/s1. The van der Waals surface area contributed by atoms with E-state index in [0.29, 0.717) is 4.47 Å². The van der Waals surface area contributed by atoms with Gasteiger partial charge in [0, 0.05) is 6.42 Å². The van der Waals surface area contributed by atoms with Gasteiger partial charge in [-0.1, -0.05) is 30.3 Å². The summed E-state index contributed by atoms with van der Waals surface area (Å²) in [6.07, 6.45) is -4.57. The lowest BCUT2D eigenvalue weighted by molar-refractivity contribution is -0.173. The van der Waals surface area contributed by atoms with Crippen molar-refractivity contribution < 1.29 is 18.3 Å². The molecular formula is C14H13BrF3N3O. The summed E-state index contributed by atoms with van der Waals surface area (Å²) in [5, 5.41) is 16.2. The van der Waals surface area contributed by atoms with Gasteiger partial charge in [0.25, 0.3) is 0 Å². The van der Waals surface area contributed by atoms with Crippen LogP contribution in [0.4, 0.5) is 19.0 Å². The number of nitrogens with one attached hydrogen (secondary N) is 1. The van der Waals surface area contributed by atoms with Gasteiger partial charge in [-0.25, -0.2) is 4.68 Å². The van der Waals surface area contributed by atoms with E-state index in [0.717, 1.165) is 10.2 Å². The van der Waals surface area contributed by atoms with E-state index in [1.807, 2.05) is 6.07 Å². The van der Waals surface area contributed by atoms with Crippen molar-refractivity contribution in [3.05, 3.63) is 46.1 Å². The molecule has 1 aliphatic rings. The predicted molar refractivity (Wildman–Crippen MR) is 78.4 cm³/mol. The van der Waals surface area contributed by atoms with Gasteiger partial charge in [0.15, 0.2) is 6.04 Å². The van der Waals surface area contributed by atoms with Gasteiger partial charge < -0.3 is 10.4 Å². The second kappa shape index (κ2) is 5.58. The van der Waals surface area contributed by atoms with Gasteiger partial charge in [0.1, 0.15) is 11.5 Å². The third-order valence-corrected chi connectivity index (χ3v) is 4.55. The largest absolute Gasteiger partial charge is 0.410 e. The second-order valence-electron chi connectivity index (χ2n) is 5.11. The Balaban J connectivity index is 2.06. The Morgan fingerprint density at radius 1 is 1.32 bits per heavy atom. The van der Waals surface area contributed by atoms with Crippen LogP contribution in [0, 0.1) is 0 Å². The molecular weight excluding hydrogens is 363 g/mol. The molecule has 1 aliphatic heterocycles. The van der Waals surface area contributed by atoms with Crippen LogP contribution in [0.25, 0.3) is 0 Å². The first-order valence-electron chi connectivity index (χ1n) is 6.67. The van der Waals surface area contributed by atoms with Gasteiger partial charge in [-0.05, 0) is 21.5 Å². The molecule has 0 unspecified atom stereocenters. The molecule has 22 heavy (non-hydrogen) atoms. The Morgan fingerprint density at radius 2 is 2.00 bits per heavy atom. The molecule has 0 bridgehead atoms. The fraction of sp³-hybridized carbons (Fsp3) is 0.357. The quantitative estimate of drug-likeness (QED) is 0.839. The summed E-state index contributed by atoms with van der Waals surface area (Å²) in [6, 6.07) is 6.78. The first kappa shape index (κ1) is 15.4. The van der Waals surface area contributed by atoms with Gasteiger partial charge in [-0.15, -0.1) is 0 Å². The number of nitrogens with zero attached hydrogens (tertiary/aromatic N) is 2. The summed E-state index contributed by atoms with van der Waals surface area (Å²) >= 11 is 3.22. The normalized spacial score (nSPS) is 21.3. The Hall–Kier alpha value is -1.54. The Kier molecular flexibility index (Phi) is 3.90. The Bertz CT molecular complexity index is 672. The first-order valence-corrected chi connectivity index (χ1v) is 7.47. The monoisotopic (exact) mass is 375 g/mol. The van der Waals surface area contributed by atoms with Crippen molar-refractivity contribution in [1.29, 1.82) is 0 Å². The highest BCUT2D eigenvalue weighted by Crippen LogP contribution is 2.46. The average Bonchev–Trinajstić information content (AvgIpc) is 2.83. The van der Waals surface area contributed by atoms with Crippen LogP contribution in [0.15, 0.2) is 34.8 Å². The van der Waals surface area contributed by atoms with E-state index in [4.69, 9.17) is 0 Å². The number of aliphatic hydroxyl groups excluding tert-OH is 1. The van der Waals surface area contributed by atoms with E-state index in [1.165, 1.54) is 0 Å². The lowest BCUT2D eigenvalue weighted by atomic mass is 9.97. The highest BCUT2D eigenvalue weighted by atomic mass is 79.9. The summed E-state index contributed by atoms with van der Waals surface area (Å²) in [5.41, 5.74) is 0.965. The third kappa shape index (κ3) is 2.61. The van der Waals surface area contributed by atoms with E-state index in [1.54, 1.807) is 24.3 Å². The molecule has 118 valence electrons. The van der Waals surface area contributed by atoms with Gasteiger partial charge >= 0.3 is 6.18 Å². The maximum atomic E-state index is 13.4. The van der Waals surface area contributed by atoms with Crippen LogP contribution < -0.4 is 5.32 Å². The van der Waals surface area contributed by atoms with Crippen LogP contribution in [0.1, 0.15) is 29.8 Å². The topological polar surface area (TPSA) is 50.1 Å². The van der Waals surface area contributed by atoms with Crippen molar-refractivity contribution >= 4 is 21.7 Å². The number of rotatable bonds is 2. The Morgan fingerprint density at radius 3 is 2.59 bits per heavy atom. The highest BCUT2D eigenvalue weighted by Gasteiger charge is 2.47. The summed E-state index contributed by atoms with van der Waals surface area (Å²) in [7, 11) is 0. The molecule has 0 amide bonds. The molecule has 4 nitrogen and oxygen atoms in total. The molecule has 0 saturated heterocycles. The minimum Gasteiger partial charge on any atom is -0.390 e. The number of hydrogen-bond acceptors (Lipinski definition) is 3. The highest BCUT2D eigenvalue weighted by molar-refractivity contribution is 9.10. The molecule has 0 spiro atoms. The van der Waals surface area contributed by atoms with Crippen molar-refractivity contribution in [2.45, 2.75) is 31.3 Å². The maximum Gasteiger partial charge on any atom is 0.410 e. The number of fused-ring (bicyclic) bond motifs is 1. The van der Waals surface area contributed by atoms with E-state index in [-0.39, 0.29) is 17.9 Å². The average molecular weight is 376 g/mol. The van der Waals surface area contributed by atoms with Crippen molar-refractivity contribution in [3.63, 3.8) is 0 Å². The fourth-order valence-corrected chi connectivity index (χ4v) is 3.14. The van der Waals surface area contributed by atoms with Crippen molar-refractivity contribution in [1.82, 2.24) is 9.78 Å².